The van der Waals surface area contributed by atoms with Crippen molar-refractivity contribution in [2.45, 2.75) is 17.7 Å². The molecule has 1 saturated heterocycles. The molecule has 0 aromatic heterocycles. The Morgan fingerprint density at radius 3 is 2.38 bits per heavy atom. The number of hydrogen-bond acceptors (Lipinski definition) is 3. The molecule has 0 atom stereocenters. The first kappa shape index (κ1) is 16.5. The summed E-state index contributed by atoms with van der Waals surface area (Å²) in [5.41, 5.74) is 0.416. The number of carboxylic acids is 1. The lowest BCUT2D eigenvalue weighted by atomic mass is 9.96. The number of aliphatic carboxylic acids is 1. The number of carboxylic acid groups (broad SMARTS) is 1. The molecule has 0 spiro atoms. The third kappa shape index (κ3) is 3.65. The fourth-order valence-electron chi connectivity index (χ4n) is 2.35. The molecule has 114 valence electrons. The summed E-state index contributed by atoms with van der Waals surface area (Å²) in [6.07, 6.45) is 2.82. The minimum absolute atomic E-state index is 0.171. The largest absolute Gasteiger partial charge is 0.481 e. The van der Waals surface area contributed by atoms with Crippen molar-refractivity contribution in [3.05, 3.63) is 27.7 Å². The van der Waals surface area contributed by atoms with Crippen LogP contribution in [0.3, 0.4) is 0 Å². The van der Waals surface area contributed by atoms with Gasteiger partial charge in [-0.1, -0.05) is 23.2 Å². The first-order chi connectivity index (χ1) is 9.93. The number of benzene rings is 1. The van der Waals surface area contributed by atoms with E-state index in [0.29, 0.717) is 41.5 Å². The number of thioether (sulfide) groups is 1. The first-order valence-corrected chi connectivity index (χ1v) is 8.47. The second kappa shape index (κ2) is 6.90. The van der Waals surface area contributed by atoms with E-state index < -0.39 is 5.97 Å². The maximum Gasteiger partial charge on any atom is 0.306 e. The van der Waals surface area contributed by atoms with Crippen LogP contribution in [0.5, 0.6) is 0 Å². The molecule has 1 amide bonds. The smallest absolute Gasteiger partial charge is 0.306 e. The van der Waals surface area contributed by atoms with E-state index in [4.69, 9.17) is 28.3 Å². The molecule has 1 aromatic carbocycles. The minimum atomic E-state index is -0.795. The predicted molar refractivity (Wildman–Crippen MR) is 84.5 cm³/mol. The quantitative estimate of drug-likeness (QED) is 0.847. The van der Waals surface area contributed by atoms with Gasteiger partial charge in [0.1, 0.15) is 0 Å². The molecule has 7 heteroatoms. The fourth-order valence-corrected chi connectivity index (χ4v) is 3.53. The van der Waals surface area contributed by atoms with Crippen LogP contribution in [0.15, 0.2) is 17.0 Å². The molecule has 1 aromatic rings. The van der Waals surface area contributed by atoms with Gasteiger partial charge in [-0.25, -0.2) is 0 Å². The van der Waals surface area contributed by atoms with E-state index in [9.17, 15) is 9.59 Å². The van der Waals surface area contributed by atoms with Gasteiger partial charge in [0.2, 0.25) is 0 Å². The average Bonchev–Trinajstić information content (AvgIpc) is 2.47. The number of carbonyl (C=O) groups excluding carboxylic acids is 1. The van der Waals surface area contributed by atoms with Crippen LogP contribution >= 0.6 is 35.0 Å². The molecule has 0 bridgehead atoms. The van der Waals surface area contributed by atoms with Gasteiger partial charge in [0.05, 0.1) is 21.5 Å². The zero-order valence-corrected chi connectivity index (χ0v) is 13.8. The second-order valence-electron chi connectivity index (χ2n) is 4.87. The zero-order valence-electron chi connectivity index (χ0n) is 11.4. The highest BCUT2D eigenvalue weighted by Gasteiger charge is 2.28. The topological polar surface area (TPSA) is 57.6 Å². The number of rotatable bonds is 3. The normalized spacial score (nSPS) is 16.0. The average molecular weight is 348 g/mol. The number of hydrogen-bond donors (Lipinski definition) is 1. The Bertz CT molecular complexity index is 572. The van der Waals surface area contributed by atoms with Gasteiger partial charge in [0, 0.05) is 18.0 Å². The summed E-state index contributed by atoms with van der Waals surface area (Å²) < 4.78 is 0. The molecule has 1 fully saturated rings. The Labute approximate surface area is 137 Å². The monoisotopic (exact) mass is 347 g/mol. The van der Waals surface area contributed by atoms with E-state index in [0.717, 1.165) is 4.90 Å². The van der Waals surface area contributed by atoms with Gasteiger partial charge < -0.3 is 10.0 Å². The van der Waals surface area contributed by atoms with Crippen molar-refractivity contribution in [1.29, 1.82) is 0 Å². The van der Waals surface area contributed by atoms with Gasteiger partial charge in [-0.3, -0.25) is 9.59 Å². The highest BCUT2D eigenvalue weighted by Crippen LogP contribution is 2.32. The van der Waals surface area contributed by atoms with E-state index >= 15 is 0 Å². The third-order valence-electron chi connectivity index (χ3n) is 3.60. The van der Waals surface area contributed by atoms with Crippen LogP contribution in [0.1, 0.15) is 23.2 Å². The van der Waals surface area contributed by atoms with Crippen molar-refractivity contribution in [3.63, 3.8) is 0 Å². The molecule has 21 heavy (non-hydrogen) atoms. The van der Waals surface area contributed by atoms with Crippen LogP contribution in [0.2, 0.25) is 10.0 Å². The summed E-state index contributed by atoms with van der Waals surface area (Å²) in [4.78, 5) is 25.9. The van der Waals surface area contributed by atoms with Gasteiger partial charge in [0.25, 0.3) is 5.91 Å². The van der Waals surface area contributed by atoms with Crippen LogP contribution in [0.25, 0.3) is 0 Å². The van der Waals surface area contributed by atoms with Crippen LogP contribution in [0, 0.1) is 5.92 Å². The van der Waals surface area contributed by atoms with E-state index in [1.165, 1.54) is 11.8 Å². The Morgan fingerprint density at radius 2 is 1.86 bits per heavy atom. The SMILES string of the molecule is CSc1cc(C(=O)N2CCC(C(=O)O)CC2)c(Cl)cc1Cl. The maximum atomic E-state index is 12.5. The Hall–Kier alpha value is -0.910. The minimum Gasteiger partial charge on any atom is -0.481 e. The molecular formula is C14H15Cl2NO3S. The number of piperidine rings is 1. The van der Waals surface area contributed by atoms with Crippen molar-refractivity contribution >= 4 is 46.8 Å². The van der Waals surface area contributed by atoms with Crippen molar-refractivity contribution in [3.8, 4) is 0 Å². The van der Waals surface area contributed by atoms with Crippen molar-refractivity contribution in [2.24, 2.45) is 5.92 Å². The fraction of sp³-hybridized carbons (Fsp3) is 0.429. The van der Waals surface area contributed by atoms with Crippen LogP contribution in [0.4, 0.5) is 0 Å². The molecule has 0 saturated carbocycles. The van der Waals surface area contributed by atoms with Gasteiger partial charge >= 0.3 is 5.97 Å². The molecule has 0 aliphatic carbocycles. The van der Waals surface area contributed by atoms with E-state index in [1.54, 1.807) is 17.0 Å². The molecule has 0 radical (unpaired) electrons. The molecule has 0 unspecified atom stereocenters. The third-order valence-corrected chi connectivity index (χ3v) is 5.12. The number of nitrogens with zero attached hydrogens (tertiary/aromatic N) is 1. The van der Waals surface area contributed by atoms with Gasteiger partial charge in [-0.2, -0.15) is 0 Å². The highest BCUT2D eigenvalue weighted by molar-refractivity contribution is 7.98. The van der Waals surface area contributed by atoms with Gasteiger partial charge in [0.15, 0.2) is 0 Å². The molecular weight excluding hydrogens is 333 g/mol. The standard InChI is InChI=1S/C14H15Cl2NO3S/c1-21-12-6-9(10(15)7-11(12)16)13(18)17-4-2-8(3-5-17)14(19)20/h6-8H,2-5H2,1H3,(H,19,20). The predicted octanol–water partition coefficient (Wildman–Crippen LogP) is 3.65. The number of amides is 1. The summed E-state index contributed by atoms with van der Waals surface area (Å²) in [5, 5.41) is 9.83. The van der Waals surface area contributed by atoms with E-state index in [-0.39, 0.29) is 11.8 Å². The summed E-state index contributed by atoms with van der Waals surface area (Å²) in [6, 6.07) is 3.27. The molecule has 1 aliphatic heterocycles. The first-order valence-electron chi connectivity index (χ1n) is 6.49. The Balaban J connectivity index is 2.16. The van der Waals surface area contributed by atoms with Crippen LogP contribution in [-0.2, 0) is 4.79 Å². The van der Waals surface area contributed by atoms with E-state index in [2.05, 4.69) is 0 Å². The maximum absolute atomic E-state index is 12.5. The Kier molecular flexibility index (Phi) is 5.41. The van der Waals surface area contributed by atoms with Crippen LogP contribution in [-0.4, -0.2) is 41.2 Å². The lowest BCUT2D eigenvalue weighted by Crippen LogP contribution is -2.40. The number of carbonyl (C=O) groups is 2. The second-order valence-corrected chi connectivity index (χ2v) is 6.53. The number of halogens is 2. The van der Waals surface area contributed by atoms with Crippen molar-refractivity contribution in [2.75, 3.05) is 19.3 Å². The molecule has 2 rings (SSSR count). The molecule has 1 N–H and O–H groups in total. The van der Waals surface area contributed by atoms with Crippen LogP contribution < -0.4 is 0 Å². The summed E-state index contributed by atoms with van der Waals surface area (Å²) in [6.45, 7) is 0.868. The lowest BCUT2D eigenvalue weighted by Gasteiger charge is -2.30. The van der Waals surface area contributed by atoms with E-state index in [1.807, 2.05) is 6.26 Å². The van der Waals surface area contributed by atoms with Crippen molar-refractivity contribution < 1.29 is 14.7 Å². The number of likely N-dealkylation sites (tertiary alicyclic amines) is 1. The Morgan fingerprint density at radius 1 is 1.24 bits per heavy atom. The van der Waals surface area contributed by atoms with Gasteiger partial charge in [-0.05, 0) is 31.2 Å². The molecule has 1 heterocycles. The van der Waals surface area contributed by atoms with Gasteiger partial charge in [-0.15, -0.1) is 11.8 Å². The van der Waals surface area contributed by atoms with Crippen molar-refractivity contribution in [1.82, 2.24) is 4.90 Å². The molecule has 4 nitrogen and oxygen atoms in total. The summed E-state index contributed by atoms with van der Waals surface area (Å²) >= 11 is 13.6. The lowest BCUT2D eigenvalue weighted by molar-refractivity contribution is -0.143. The zero-order chi connectivity index (χ0) is 15.6. The molecule has 1 aliphatic rings. The summed E-state index contributed by atoms with van der Waals surface area (Å²) in [7, 11) is 0. The summed E-state index contributed by atoms with van der Waals surface area (Å²) in [5.74, 6) is -1.33. The highest BCUT2D eigenvalue weighted by atomic mass is 35.5.